The molecule has 0 bridgehead atoms. The van der Waals surface area contributed by atoms with Crippen LogP contribution in [0, 0.1) is 24.9 Å². The van der Waals surface area contributed by atoms with E-state index in [1.54, 1.807) is 36.4 Å². The van der Waals surface area contributed by atoms with E-state index in [4.69, 9.17) is 22.3 Å². The van der Waals surface area contributed by atoms with Crippen molar-refractivity contribution in [3.05, 3.63) is 59.7 Å². The zero-order valence-electron chi connectivity index (χ0n) is 14.3. The Morgan fingerprint density at radius 3 is 2.00 bits per heavy atom. The van der Waals surface area contributed by atoms with Gasteiger partial charge in [0, 0.05) is 12.1 Å². The third kappa shape index (κ3) is 4.66. The minimum absolute atomic E-state index is 0.319. The number of rotatable bonds is 6. The molecule has 0 radical (unpaired) electrons. The van der Waals surface area contributed by atoms with Crippen molar-refractivity contribution in [1.82, 2.24) is 0 Å². The summed E-state index contributed by atoms with van der Waals surface area (Å²) in [4.78, 5) is 25.2. The van der Waals surface area contributed by atoms with Crippen molar-refractivity contribution in [3.8, 4) is 30.7 Å². The molecule has 0 spiro atoms. The first-order valence-electron chi connectivity index (χ1n) is 7.91. The smallest absolute Gasteiger partial charge is 0.343 e. The number of anilines is 1. The molecule has 0 saturated carbocycles. The third-order valence-electron chi connectivity index (χ3n) is 3.36. The molecule has 0 saturated heterocycles. The van der Waals surface area contributed by atoms with Crippen molar-refractivity contribution >= 4 is 17.6 Å². The number of hydrogen-bond acceptors (Lipinski definition) is 5. The van der Waals surface area contributed by atoms with Crippen molar-refractivity contribution in [2.24, 2.45) is 0 Å². The second-order valence-electron chi connectivity index (χ2n) is 5.19. The van der Waals surface area contributed by atoms with Crippen molar-refractivity contribution in [3.63, 3.8) is 0 Å². The predicted molar refractivity (Wildman–Crippen MR) is 98.6 cm³/mol. The van der Waals surface area contributed by atoms with E-state index in [-0.39, 0.29) is 0 Å². The van der Waals surface area contributed by atoms with Crippen LogP contribution in [0.3, 0.4) is 0 Å². The lowest BCUT2D eigenvalue weighted by Crippen LogP contribution is -2.11. The van der Waals surface area contributed by atoms with Crippen LogP contribution < -0.4 is 9.64 Å². The van der Waals surface area contributed by atoms with E-state index in [2.05, 4.69) is 12.1 Å². The van der Waals surface area contributed by atoms with Gasteiger partial charge in [0.1, 0.15) is 5.75 Å². The van der Waals surface area contributed by atoms with Crippen LogP contribution >= 0.6 is 0 Å². The van der Waals surface area contributed by atoms with Gasteiger partial charge in [-0.2, -0.15) is 0 Å². The first-order valence-corrected chi connectivity index (χ1v) is 7.91. The second kappa shape index (κ2) is 8.96. The summed E-state index contributed by atoms with van der Waals surface area (Å²) in [5, 5.41) is 0. The van der Waals surface area contributed by atoms with Crippen LogP contribution in [0.5, 0.6) is 5.75 Å². The van der Waals surface area contributed by atoms with Crippen molar-refractivity contribution in [1.29, 1.82) is 0 Å². The highest BCUT2D eigenvalue weighted by Gasteiger charge is 2.11. The molecule has 0 unspecified atom stereocenters. The quantitative estimate of drug-likeness (QED) is 0.347. The Balaban J connectivity index is 2.02. The highest BCUT2D eigenvalue weighted by atomic mass is 16.5. The van der Waals surface area contributed by atoms with Crippen LogP contribution in [-0.4, -0.2) is 18.5 Å². The van der Waals surface area contributed by atoms with Gasteiger partial charge in [-0.15, -0.1) is 0 Å². The molecule has 2 aromatic rings. The van der Waals surface area contributed by atoms with Gasteiger partial charge < -0.3 is 9.47 Å². The number of terminal acetylenes is 2. The second-order valence-corrected chi connectivity index (χ2v) is 5.19. The largest absolute Gasteiger partial charge is 0.462 e. The van der Waals surface area contributed by atoms with Crippen LogP contribution in [-0.2, 0) is 4.74 Å². The van der Waals surface area contributed by atoms with Gasteiger partial charge in [0.25, 0.3) is 0 Å². The summed E-state index contributed by atoms with van der Waals surface area (Å²) in [6, 6.07) is 17.2. The Bertz CT molecular complexity index is 841. The van der Waals surface area contributed by atoms with Gasteiger partial charge in [0.15, 0.2) is 0 Å². The van der Waals surface area contributed by atoms with Crippen molar-refractivity contribution in [2.75, 3.05) is 11.5 Å². The molecule has 0 atom stereocenters. The molecule has 0 aliphatic rings. The normalized spacial score (nSPS) is 9.50. The maximum atomic E-state index is 12.2. The van der Waals surface area contributed by atoms with Gasteiger partial charge >= 0.3 is 11.9 Å². The average Bonchev–Trinajstić information content (AvgIpc) is 2.68. The molecule has 0 aliphatic carbocycles. The number of benzene rings is 2. The molecule has 5 nitrogen and oxygen atoms in total. The Labute approximate surface area is 152 Å². The zero-order valence-corrected chi connectivity index (χ0v) is 14.3. The maximum absolute atomic E-state index is 12.2. The topological polar surface area (TPSA) is 55.8 Å². The van der Waals surface area contributed by atoms with Gasteiger partial charge in [-0.1, -0.05) is 19.8 Å². The van der Waals surface area contributed by atoms with Gasteiger partial charge in [0.2, 0.25) is 0 Å². The lowest BCUT2D eigenvalue weighted by Gasteiger charge is -2.10. The molecule has 5 heteroatoms. The van der Waals surface area contributed by atoms with Crippen molar-refractivity contribution < 1.29 is 19.1 Å². The minimum Gasteiger partial charge on any atom is -0.462 e. The van der Waals surface area contributed by atoms with E-state index in [1.165, 1.54) is 17.0 Å². The van der Waals surface area contributed by atoms with Gasteiger partial charge in [-0.25, -0.2) is 14.5 Å². The van der Waals surface area contributed by atoms with E-state index in [1.807, 2.05) is 6.92 Å². The lowest BCUT2D eigenvalue weighted by atomic mass is 10.2. The van der Waals surface area contributed by atoms with Crippen LogP contribution in [0.15, 0.2) is 48.5 Å². The van der Waals surface area contributed by atoms with E-state index >= 15 is 0 Å². The lowest BCUT2D eigenvalue weighted by molar-refractivity contribution is 0.0505. The Morgan fingerprint density at radius 1 is 0.923 bits per heavy atom. The average molecular weight is 347 g/mol. The SMILES string of the molecule is C#CN(C#C)c1ccc(C(=O)Oc2ccc(C(=O)OCCC)cc2)cc1. The minimum atomic E-state index is -0.536. The van der Waals surface area contributed by atoms with E-state index < -0.39 is 11.9 Å². The van der Waals surface area contributed by atoms with Gasteiger partial charge in [-0.05, 0) is 55.0 Å². The summed E-state index contributed by atoms with van der Waals surface area (Å²) in [5.41, 5.74) is 1.34. The number of hydrogen-bond donors (Lipinski definition) is 0. The fraction of sp³-hybridized carbons (Fsp3) is 0.143. The van der Waals surface area contributed by atoms with E-state index in [0.717, 1.165) is 6.42 Å². The first-order chi connectivity index (χ1) is 12.6. The van der Waals surface area contributed by atoms with Crippen LogP contribution in [0.1, 0.15) is 34.1 Å². The number of ether oxygens (including phenoxy) is 2. The molecule has 0 aliphatic heterocycles. The first kappa shape index (κ1) is 18.6. The molecule has 0 amide bonds. The summed E-state index contributed by atoms with van der Waals surface area (Å²) >= 11 is 0. The van der Waals surface area contributed by atoms with Gasteiger partial charge in [0.05, 0.1) is 23.4 Å². The summed E-state index contributed by atoms with van der Waals surface area (Å²) in [6.45, 7) is 2.28. The molecule has 26 heavy (non-hydrogen) atoms. The highest BCUT2D eigenvalue weighted by Crippen LogP contribution is 2.17. The standard InChI is InChI=1S/C21H17NO4/c1-4-15-25-20(23)16-9-13-19(14-10-16)26-21(24)17-7-11-18(12-8-17)22(5-2)6-3/h2-3,7-14H,4,15H2,1H3. The molecule has 0 N–H and O–H groups in total. The number of carbonyl (C=O) groups is 2. The highest BCUT2D eigenvalue weighted by molar-refractivity contribution is 5.92. The van der Waals surface area contributed by atoms with Crippen molar-refractivity contribution in [2.45, 2.75) is 13.3 Å². The molecule has 0 fully saturated rings. The Hall–Kier alpha value is -3.70. The summed E-state index contributed by atoms with van der Waals surface area (Å²) < 4.78 is 10.3. The number of carbonyl (C=O) groups excluding carboxylic acids is 2. The predicted octanol–water partition coefficient (Wildman–Crippen LogP) is 3.46. The summed E-state index contributed by atoms with van der Waals surface area (Å²) in [6.07, 6.45) is 11.3. The molecule has 0 heterocycles. The summed E-state index contributed by atoms with van der Waals surface area (Å²) in [5.74, 6) is -0.627. The van der Waals surface area contributed by atoms with Crippen LogP contribution in [0.25, 0.3) is 0 Å². The fourth-order valence-electron chi connectivity index (χ4n) is 2.04. The van der Waals surface area contributed by atoms with Crippen LogP contribution in [0.4, 0.5) is 5.69 Å². The Kier molecular flexibility index (Phi) is 6.42. The number of esters is 2. The molecule has 130 valence electrons. The monoisotopic (exact) mass is 347 g/mol. The molecular weight excluding hydrogens is 330 g/mol. The molecule has 0 aromatic heterocycles. The fourth-order valence-corrected chi connectivity index (χ4v) is 2.04. The van der Waals surface area contributed by atoms with Crippen LogP contribution in [0.2, 0.25) is 0 Å². The molecular formula is C21H17NO4. The summed E-state index contributed by atoms with van der Waals surface area (Å²) in [7, 11) is 0. The third-order valence-corrected chi connectivity index (χ3v) is 3.36. The van der Waals surface area contributed by atoms with Gasteiger partial charge in [-0.3, -0.25) is 0 Å². The number of nitrogens with zero attached hydrogens (tertiary/aromatic N) is 1. The van der Waals surface area contributed by atoms with E-state index in [9.17, 15) is 9.59 Å². The Morgan fingerprint density at radius 2 is 1.46 bits per heavy atom. The molecule has 2 rings (SSSR count). The molecule has 2 aromatic carbocycles. The maximum Gasteiger partial charge on any atom is 0.343 e. The zero-order chi connectivity index (χ0) is 18.9. The van der Waals surface area contributed by atoms with E-state index in [0.29, 0.717) is 29.2 Å².